The van der Waals surface area contributed by atoms with Gasteiger partial charge in [0.05, 0.1) is 12.2 Å². The van der Waals surface area contributed by atoms with E-state index in [0.29, 0.717) is 18.6 Å². The molecule has 0 saturated heterocycles. The topological polar surface area (TPSA) is 173 Å². The number of nitrogens with one attached hydrogen (secondary N) is 5. The van der Waals surface area contributed by atoms with Crippen molar-refractivity contribution in [2.24, 2.45) is 0 Å². The van der Waals surface area contributed by atoms with E-state index >= 15 is 0 Å². The van der Waals surface area contributed by atoms with E-state index in [-0.39, 0.29) is 38.4 Å². The van der Waals surface area contributed by atoms with Crippen molar-refractivity contribution in [2.75, 3.05) is 13.2 Å². The van der Waals surface area contributed by atoms with Gasteiger partial charge in [-0.25, -0.2) is 0 Å². The zero-order chi connectivity index (χ0) is 35.1. The maximum atomic E-state index is 13.7. The molecule has 2 aliphatic heterocycles. The monoisotopic (exact) mass is 671 g/mol. The predicted molar refractivity (Wildman–Crippen MR) is 181 cm³/mol. The summed E-state index contributed by atoms with van der Waals surface area (Å²) in [7, 11) is 0. The summed E-state index contributed by atoms with van der Waals surface area (Å²) in [5, 5.41) is 18.5. The highest BCUT2D eigenvalue weighted by atomic mass is 16.5. The molecule has 1 aliphatic carbocycles. The van der Waals surface area contributed by atoms with Crippen LogP contribution in [0.1, 0.15) is 54.8 Å². The Morgan fingerprint density at radius 1 is 0.980 bits per heavy atom. The number of amides is 5. The van der Waals surface area contributed by atoms with E-state index in [9.17, 15) is 24.0 Å². The van der Waals surface area contributed by atoms with Crippen molar-refractivity contribution in [3.63, 3.8) is 0 Å². The Labute approximate surface area is 285 Å². The molecule has 0 unspecified atom stereocenters. The van der Waals surface area contributed by atoms with Gasteiger partial charge in [0.15, 0.2) is 0 Å². The highest BCUT2D eigenvalue weighted by molar-refractivity contribution is 5.98. The molecule has 3 heterocycles. The molecule has 3 aliphatic rings. The number of carbonyl (C=O) groups is 5. The number of nitrogens with zero attached hydrogens (tertiary/aromatic N) is 2. The van der Waals surface area contributed by atoms with Gasteiger partial charge in [0.1, 0.15) is 42.6 Å². The number of carbonyl (C=O) groups excluding carboxylic acids is 5. The Kier molecular flexibility index (Phi) is 11.0. The van der Waals surface area contributed by atoms with Crippen molar-refractivity contribution < 1.29 is 28.7 Å². The highest BCUT2D eigenvalue weighted by Crippen LogP contribution is 2.35. The van der Waals surface area contributed by atoms with Gasteiger partial charge in [0, 0.05) is 18.5 Å². The molecule has 1 saturated carbocycles. The molecule has 13 nitrogen and oxygen atoms in total. The van der Waals surface area contributed by atoms with Crippen LogP contribution in [0.5, 0.6) is 5.75 Å². The number of fused-ring (bicyclic) bond motifs is 15. The summed E-state index contributed by atoms with van der Waals surface area (Å²) in [6.45, 7) is 7.70. The van der Waals surface area contributed by atoms with E-state index in [1.54, 1.807) is 28.9 Å². The van der Waals surface area contributed by atoms with Gasteiger partial charge in [-0.2, -0.15) is 5.10 Å². The molecule has 260 valence electrons. The molecule has 1 spiro atoms. The first-order valence-electron chi connectivity index (χ1n) is 16.8. The number of aromatic nitrogens is 2. The third-order valence-corrected chi connectivity index (χ3v) is 9.06. The molecular weight excluding hydrogens is 626 g/mol. The van der Waals surface area contributed by atoms with E-state index in [1.807, 2.05) is 51.1 Å². The lowest BCUT2D eigenvalue weighted by Gasteiger charge is -2.25. The summed E-state index contributed by atoms with van der Waals surface area (Å²) in [5.41, 5.74) is 3.31. The number of hydrogen-bond donors (Lipinski definition) is 5. The number of rotatable bonds is 6. The van der Waals surface area contributed by atoms with Crippen molar-refractivity contribution >= 4 is 29.5 Å². The first-order chi connectivity index (χ1) is 23.5. The summed E-state index contributed by atoms with van der Waals surface area (Å²) in [5.74, 6) is -1.81. The lowest BCUT2D eigenvalue weighted by Crippen LogP contribution is -2.59. The number of benzene rings is 2. The van der Waals surface area contributed by atoms with Gasteiger partial charge in [-0.15, -0.1) is 0 Å². The van der Waals surface area contributed by atoms with Crippen molar-refractivity contribution in [1.29, 1.82) is 0 Å². The van der Waals surface area contributed by atoms with Crippen molar-refractivity contribution in [1.82, 2.24) is 36.4 Å². The van der Waals surface area contributed by atoms with Crippen LogP contribution in [0.25, 0.3) is 0 Å². The quantitative estimate of drug-likeness (QED) is 0.245. The average Bonchev–Trinajstić information content (AvgIpc) is 3.81. The summed E-state index contributed by atoms with van der Waals surface area (Å²) < 4.78 is 7.44. The fourth-order valence-electron chi connectivity index (χ4n) is 6.04. The number of ether oxygens (including phenoxy) is 1. The molecule has 13 heteroatoms. The zero-order valence-electron chi connectivity index (χ0n) is 28.4. The van der Waals surface area contributed by atoms with Crippen LogP contribution in [0.15, 0.2) is 54.6 Å². The third kappa shape index (κ3) is 8.84. The van der Waals surface area contributed by atoms with Crippen molar-refractivity contribution in [3.8, 4) is 5.75 Å². The van der Waals surface area contributed by atoms with E-state index in [4.69, 9.17) is 4.74 Å². The van der Waals surface area contributed by atoms with Crippen LogP contribution in [-0.2, 0) is 49.8 Å². The van der Waals surface area contributed by atoms with Crippen LogP contribution in [0.4, 0.5) is 0 Å². The standard InChI is InChI=1S/C36H45N7O6/c1-5-28-22(2)42-43(24(28)4)21-31(44)39-29-20-26-11-13-27(14-12-26)49-18-17-37-35(48)36(15-16-36)41-34(47)30(19-25-9-7-6-8-10-25)40-32(45)23(3)38-33(29)46/h6-14,23,29-30H,5,15-21H2,1-4H3,(H,37,48)(H,38,46)(H,39,44)(H,40,45)(H,41,47)/t23-,29-,30+/m0/s1. The Balaban J connectivity index is 1.37. The second kappa shape index (κ2) is 15.3. The van der Waals surface area contributed by atoms with Crippen LogP contribution >= 0.6 is 0 Å². The van der Waals surface area contributed by atoms with Gasteiger partial charge in [0.25, 0.3) is 0 Å². The molecule has 6 rings (SSSR count). The zero-order valence-corrected chi connectivity index (χ0v) is 28.4. The largest absolute Gasteiger partial charge is 0.492 e. The van der Waals surface area contributed by atoms with Crippen LogP contribution in [-0.4, -0.2) is 76.1 Å². The normalized spacial score (nSPS) is 21.5. The molecule has 2 bridgehead atoms. The maximum Gasteiger partial charge on any atom is 0.245 e. The molecule has 5 N–H and O–H groups in total. The Hall–Kier alpha value is -5.20. The highest BCUT2D eigenvalue weighted by Gasteiger charge is 2.51. The van der Waals surface area contributed by atoms with Gasteiger partial charge < -0.3 is 31.3 Å². The molecule has 49 heavy (non-hydrogen) atoms. The van der Waals surface area contributed by atoms with Gasteiger partial charge in [0.2, 0.25) is 29.5 Å². The first-order valence-corrected chi connectivity index (χ1v) is 16.8. The van der Waals surface area contributed by atoms with Crippen LogP contribution < -0.4 is 31.3 Å². The maximum absolute atomic E-state index is 13.7. The molecule has 1 aromatic heterocycles. The van der Waals surface area contributed by atoms with Crippen LogP contribution in [0.3, 0.4) is 0 Å². The number of hydrogen-bond acceptors (Lipinski definition) is 7. The summed E-state index contributed by atoms with van der Waals surface area (Å²) in [6, 6.07) is 13.2. The second-order valence-electron chi connectivity index (χ2n) is 12.8. The minimum Gasteiger partial charge on any atom is -0.492 e. The molecule has 0 radical (unpaired) electrons. The van der Waals surface area contributed by atoms with E-state index in [0.717, 1.165) is 34.5 Å². The molecule has 5 amide bonds. The van der Waals surface area contributed by atoms with Crippen LogP contribution in [0.2, 0.25) is 0 Å². The average molecular weight is 672 g/mol. The fraction of sp³-hybridized carbons (Fsp3) is 0.444. The third-order valence-electron chi connectivity index (χ3n) is 9.06. The van der Waals surface area contributed by atoms with Gasteiger partial charge in [-0.3, -0.25) is 28.7 Å². The summed E-state index contributed by atoms with van der Waals surface area (Å²) in [6.07, 6.45) is 2.04. The second-order valence-corrected chi connectivity index (χ2v) is 12.8. The SMILES string of the molecule is CCc1c(C)nn(CC(=O)N[C@H]2Cc3ccc(cc3)OCCNC(=O)C3(CC3)NC(=O)[C@@H](Cc3ccccc3)NC(=O)[C@H](C)NC2=O)c1C. The molecule has 3 aromatic rings. The smallest absolute Gasteiger partial charge is 0.245 e. The van der Waals surface area contributed by atoms with Crippen molar-refractivity contribution in [2.45, 2.75) is 90.0 Å². The lowest BCUT2D eigenvalue weighted by molar-refractivity contribution is -0.134. The predicted octanol–water partition coefficient (Wildman–Crippen LogP) is 1.18. The molecular formula is C36H45N7O6. The minimum atomic E-state index is -1.06. The van der Waals surface area contributed by atoms with Gasteiger partial charge in [-0.05, 0) is 68.9 Å². The Bertz CT molecular complexity index is 1680. The minimum absolute atomic E-state index is 0.0758. The fourth-order valence-corrected chi connectivity index (χ4v) is 6.04. The van der Waals surface area contributed by atoms with E-state index in [2.05, 4.69) is 31.7 Å². The molecule has 1 fully saturated rings. The van der Waals surface area contributed by atoms with Crippen molar-refractivity contribution in [3.05, 3.63) is 82.7 Å². The Morgan fingerprint density at radius 3 is 2.35 bits per heavy atom. The van der Waals surface area contributed by atoms with E-state index < -0.39 is 47.3 Å². The van der Waals surface area contributed by atoms with Gasteiger partial charge >= 0.3 is 0 Å². The van der Waals surface area contributed by atoms with Crippen LogP contribution in [0, 0.1) is 13.8 Å². The van der Waals surface area contributed by atoms with E-state index in [1.165, 1.54) is 6.92 Å². The Morgan fingerprint density at radius 2 is 1.69 bits per heavy atom. The summed E-state index contributed by atoms with van der Waals surface area (Å²) in [4.78, 5) is 67.1. The molecule has 3 atom stereocenters. The first kappa shape index (κ1) is 35.1. The van der Waals surface area contributed by atoms with Gasteiger partial charge in [-0.1, -0.05) is 49.4 Å². The lowest BCUT2D eigenvalue weighted by atomic mass is 10.0. The summed E-state index contributed by atoms with van der Waals surface area (Å²) >= 11 is 0. The number of aryl methyl sites for hydroxylation is 1. The molecule has 2 aromatic carbocycles.